The topological polar surface area (TPSA) is 0 Å². The summed E-state index contributed by atoms with van der Waals surface area (Å²) in [4.78, 5) is 0. The number of aryl methyl sites for hydroxylation is 1. The van der Waals surface area contributed by atoms with E-state index >= 15 is 0 Å². The van der Waals surface area contributed by atoms with E-state index in [2.05, 4.69) is 13.8 Å². The summed E-state index contributed by atoms with van der Waals surface area (Å²) in [5, 5.41) is 0. The molecule has 0 saturated heterocycles. The van der Waals surface area contributed by atoms with Crippen molar-refractivity contribution in [2.24, 2.45) is 0 Å². The Morgan fingerprint density at radius 1 is 1.38 bits per heavy atom. The fourth-order valence-electron chi connectivity index (χ4n) is 1.57. The van der Waals surface area contributed by atoms with Crippen molar-refractivity contribution in [3.05, 3.63) is 35.1 Å². The van der Waals surface area contributed by atoms with Crippen LogP contribution in [-0.2, 0) is 0 Å². The Bertz CT molecular complexity index is 278. The van der Waals surface area contributed by atoms with E-state index in [1.165, 1.54) is 18.4 Å². The Kier molecular flexibility index (Phi) is 3.47. The monoisotopic (exact) mass is 180 g/mol. The molecule has 0 fully saturated rings. The third-order valence-electron chi connectivity index (χ3n) is 2.47. The van der Waals surface area contributed by atoms with Crippen molar-refractivity contribution in [3.8, 4) is 0 Å². The van der Waals surface area contributed by atoms with Gasteiger partial charge < -0.3 is 0 Å². The van der Waals surface area contributed by atoms with Crippen LogP contribution < -0.4 is 0 Å². The molecule has 0 N–H and O–H groups in total. The lowest BCUT2D eigenvalue weighted by atomic mass is 9.95. The number of benzene rings is 1. The standard InChI is InChI=1S/C12H17F/c1-4-5-9(2)11-6-7-12(13)10(3)8-11/h6-9H,4-5H2,1-3H3. The summed E-state index contributed by atoms with van der Waals surface area (Å²) in [7, 11) is 0. The molecular formula is C12H17F. The maximum atomic E-state index is 12.9. The maximum Gasteiger partial charge on any atom is 0.126 e. The lowest BCUT2D eigenvalue weighted by Gasteiger charge is -2.11. The average Bonchev–Trinajstić information content (AvgIpc) is 2.10. The quantitative estimate of drug-likeness (QED) is 0.658. The van der Waals surface area contributed by atoms with Gasteiger partial charge in [-0.3, -0.25) is 0 Å². The predicted molar refractivity (Wildman–Crippen MR) is 54.5 cm³/mol. The fourth-order valence-corrected chi connectivity index (χ4v) is 1.57. The molecule has 0 radical (unpaired) electrons. The fraction of sp³-hybridized carbons (Fsp3) is 0.500. The van der Waals surface area contributed by atoms with Gasteiger partial charge >= 0.3 is 0 Å². The van der Waals surface area contributed by atoms with E-state index in [0.29, 0.717) is 5.92 Å². The van der Waals surface area contributed by atoms with E-state index in [0.717, 1.165) is 5.56 Å². The molecule has 0 heterocycles. The summed E-state index contributed by atoms with van der Waals surface area (Å²) < 4.78 is 12.9. The number of hydrogen-bond acceptors (Lipinski definition) is 0. The zero-order valence-electron chi connectivity index (χ0n) is 8.60. The van der Waals surface area contributed by atoms with Crippen molar-refractivity contribution < 1.29 is 4.39 Å². The normalized spacial score (nSPS) is 12.9. The van der Waals surface area contributed by atoms with Crippen LogP contribution in [0, 0.1) is 12.7 Å². The summed E-state index contributed by atoms with van der Waals surface area (Å²) in [6, 6.07) is 5.41. The molecule has 1 heteroatoms. The summed E-state index contributed by atoms with van der Waals surface area (Å²) in [6.07, 6.45) is 2.35. The lowest BCUT2D eigenvalue weighted by molar-refractivity contribution is 0.612. The minimum atomic E-state index is -0.104. The lowest BCUT2D eigenvalue weighted by Crippen LogP contribution is -1.94. The highest BCUT2D eigenvalue weighted by Crippen LogP contribution is 2.22. The van der Waals surface area contributed by atoms with Crippen LogP contribution in [0.2, 0.25) is 0 Å². The van der Waals surface area contributed by atoms with E-state index in [1.54, 1.807) is 6.07 Å². The Morgan fingerprint density at radius 2 is 2.08 bits per heavy atom. The number of rotatable bonds is 3. The van der Waals surface area contributed by atoms with Gasteiger partial charge in [0.05, 0.1) is 0 Å². The first-order valence-electron chi connectivity index (χ1n) is 4.91. The van der Waals surface area contributed by atoms with Crippen molar-refractivity contribution in [1.82, 2.24) is 0 Å². The molecule has 0 amide bonds. The van der Waals surface area contributed by atoms with Gasteiger partial charge in [0.25, 0.3) is 0 Å². The third kappa shape index (κ3) is 2.55. The van der Waals surface area contributed by atoms with Crippen LogP contribution in [0.5, 0.6) is 0 Å². The van der Waals surface area contributed by atoms with Gasteiger partial charge in [-0.15, -0.1) is 0 Å². The van der Waals surface area contributed by atoms with Gasteiger partial charge in [-0.25, -0.2) is 4.39 Å². The van der Waals surface area contributed by atoms with E-state index in [4.69, 9.17) is 0 Å². The van der Waals surface area contributed by atoms with Gasteiger partial charge in [-0.1, -0.05) is 32.4 Å². The third-order valence-corrected chi connectivity index (χ3v) is 2.47. The highest BCUT2D eigenvalue weighted by atomic mass is 19.1. The van der Waals surface area contributed by atoms with Crippen LogP contribution >= 0.6 is 0 Å². The highest BCUT2D eigenvalue weighted by molar-refractivity contribution is 5.26. The SMILES string of the molecule is CCCC(C)c1ccc(F)c(C)c1. The molecule has 1 unspecified atom stereocenters. The molecule has 0 saturated carbocycles. The molecule has 0 aliphatic rings. The van der Waals surface area contributed by atoms with Crippen molar-refractivity contribution in [1.29, 1.82) is 0 Å². The Hall–Kier alpha value is -0.850. The maximum absolute atomic E-state index is 12.9. The largest absolute Gasteiger partial charge is 0.207 e. The smallest absolute Gasteiger partial charge is 0.126 e. The van der Waals surface area contributed by atoms with Gasteiger partial charge in [0, 0.05) is 0 Å². The molecular weight excluding hydrogens is 163 g/mol. The van der Waals surface area contributed by atoms with E-state index in [-0.39, 0.29) is 5.82 Å². The van der Waals surface area contributed by atoms with Crippen LogP contribution in [-0.4, -0.2) is 0 Å². The van der Waals surface area contributed by atoms with Crippen LogP contribution in [0.15, 0.2) is 18.2 Å². The average molecular weight is 180 g/mol. The van der Waals surface area contributed by atoms with Crippen molar-refractivity contribution >= 4 is 0 Å². The number of halogens is 1. The van der Waals surface area contributed by atoms with Crippen molar-refractivity contribution in [3.63, 3.8) is 0 Å². The molecule has 72 valence electrons. The second kappa shape index (κ2) is 4.40. The molecule has 0 aliphatic heterocycles. The first-order valence-corrected chi connectivity index (χ1v) is 4.91. The minimum absolute atomic E-state index is 0.104. The van der Waals surface area contributed by atoms with E-state index in [9.17, 15) is 4.39 Å². The minimum Gasteiger partial charge on any atom is -0.207 e. The van der Waals surface area contributed by atoms with E-state index in [1.807, 2.05) is 19.1 Å². The molecule has 1 aromatic carbocycles. The highest BCUT2D eigenvalue weighted by Gasteiger charge is 2.05. The van der Waals surface area contributed by atoms with Crippen LogP contribution in [0.1, 0.15) is 43.7 Å². The van der Waals surface area contributed by atoms with Crippen LogP contribution in [0.25, 0.3) is 0 Å². The predicted octanol–water partition coefficient (Wildman–Crippen LogP) is 4.04. The Labute approximate surface area is 79.8 Å². The van der Waals surface area contributed by atoms with Crippen LogP contribution in [0.4, 0.5) is 4.39 Å². The van der Waals surface area contributed by atoms with Gasteiger partial charge in [0.2, 0.25) is 0 Å². The summed E-state index contributed by atoms with van der Waals surface area (Å²) in [6.45, 7) is 6.18. The van der Waals surface area contributed by atoms with Crippen molar-refractivity contribution in [2.45, 2.75) is 39.5 Å². The number of hydrogen-bond donors (Lipinski definition) is 0. The molecule has 1 rings (SSSR count). The molecule has 0 bridgehead atoms. The summed E-state index contributed by atoms with van der Waals surface area (Å²) >= 11 is 0. The molecule has 0 nitrogen and oxygen atoms in total. The van der Waals surface area contributed by atoms with Gasteiger partial charge in [0.1, 0.15) is 5.82 Å². The first-order chi connectivity index (χ1) is 6.15. The second-order valence-electron chi connectivity index (χ2n) is 3.70. The van der Waals surface area contributed by atoms with Gasteiger partial charge in [0.15, 0.2) is 0 Å². The first kappa shape index (κ1) is 10.2. The summed E-state index contributed by atoms with van der Waals surface area (Å²) in [5.74, 6) is 0.441. The van der Waals surface area contributed by atoms with Gasteiger partial charge in [-0.05, 0) is 36.5 Å². The molecule has 1 aromatic rings. The van der Waals surface area contributed by atoms with Crippen molar-refractivity contribution in [2.75, 3.05) is 0 Å². The molecule has 1 atom stereocenters. The molecule has 0 aliphatic carbocycles. The molecule has 13 heavy (non-hydrogen) atoms. The molecule has 0 aromatic heterocycles. The Balaban J connectivity index is 2.84. The summed E-state index contributed by atoms with van der Waals surface area (Å²) in [5.41, 5.74) is 2.00. The van der Waals surface area contributed by atoms with Gasteiger partial charge in [-0.2, -0.15) is 0 Å². The van der Waals surface area contributed by atoms with Crippen LogP contribution in [0.3, 0.4) is 0 Å². The molecule has 0 spiro atoms. The second-order valence-corrected chi connectivity index (χ2v) is 3.70. The Morgan fingerprint density at radius 3 is 2.62 bits per heavy atom. The zero-order valence-corrected chi connectivity index (χ0v) is 8.60. The zero-order chi connectivity index (χ0) is 9.84. The van der Waals surface area contributed by atoms with E-state index < -0.39 is 0 Å².